The SMILES string of the molecule is Fc1ccccc1N1CCN(CC2(CBr)CCC2)CC1. The molecule has 2 aliphatic rings. The zero-order chi connectivity index (χ0) is 14.0. The average molecular weight is 341 g/mol. The van der Waals surface area contributed by atoms with Crippen molar-refractivity contribution in [2.75, 3.05) is 43.0 Å². The van der Waals surface area contributed by atoms with E-state index in [2.05, 4.69) is 25.7 Å². The molecule has 0 bridgehead atoms. The van der Waals surface area contributed by atoms with Gasteiger partial charge in [-0.3, -0.25) is 4.90 Å². The van der Waals surface area contributed by atoms with Gasteiger partial charge in [-0.05, 0) is 30.4 Å². The molecular weight excluding hydrogens is 319 g/mol. The first kappa shape index (κ1) is 14.3. The molecule has 0 atom stereocenters. The van der Waals surface area contributed by atoms with Gasteiger partial charge in [0, 0.05) is 38.1 Å². The van der Waals surface area contributed by atoms with Gasteiger partial charge in [-0.1, -0.05) is 34.5 Å². The Balaban J connectivity index is 1.56. The van der Waals surface area contributed by atoms with Crippen molar-refractivity contribution < 1.29 is 4.39 Å². The minimum atomic E-state index is -0.100. The van der Waals surface area contributed by atoms with Gasteiger partial charge < -0.3 is 4.90 Å². The van der Waals surface area contributed by atoms with E-state index in [-0.39, 0.29) is 5.82 Å². The van der Waals surface area contributed by atoms with Crippen LogP contribution in [0.2, 0.25) is 0 Å². The molecular formula is C16H22BrFN2. The highest BCUT2D eigenvalue weighted by molar-refractivity contribution is 9.09. The van der Waals surface area contributed by atoms with Gasteiger partial charge in [-0.2, -0.15) is 0 Å². The van der Waals surface area contributed by atoms with E-state index >= 15 is 0 Å². The third kappa shape index (κ3) is 2.86. The van der Waals surface area contributed by atoms with Crippen molar-refractivity contribution in [2.24, 2.45) is 5.41 Å². The summed E-state index contributed by atoms with van der Waals surface area (Å²) in [5.41, 5.74) is 1.27. The molecule has 3 rings (SSSR count). The molecule has 4 heteroatoms. The van der Waals surface area contributed by atoms with Crippen LogP contribution in [0.4, 0.5) is 10.1 Å². The predicted molar refractivity (Wildman–Crippen MR) is 85.1 cm³/mol. The minimum absolute atomic E-state index is 0.100. The summed E-state index contributed by atoms with van der Waals surface area (Å²) in [5, 5.41) is 1.12. The Morgan fingerprint density at radius 1 is 1.10 bits per heavy atom. The summed E-state index contributed by atoms with van der Waals surface area (Å²) in [7, 11) is 0. The van der Waals surface area contributed by atoms with Crippen molar-refractivity contribution >= 4 is 21.6 Å². The second kappa shape index (κ2) is 6.02. The second-order valence-electron chi connectivity index (χ2n) is 6.20. The number of alkyl halides is 1. The van der Waals surface area contributed by atoms with E-state index in [1.807, 2.05) is 12.1 Å². The maximum Gasteiger partial charge on any atom is 0.146 e. The van der Waals surface area contributed by atoms with Crippen molar-refractivity contribution in [3.63, 3.8) is 0 Å². The Morgan fingerprint density at radius 3 is 2.35 bits per heavy atom. The van der Waals surface area contributed by atoms with E-state index in [0.29, 0.717) is 5.41 Å². The molecule has 1 aliphatic carbocycles. The third-order valence-corrected chi connectivity index (χ3v) is 6.01. The number of halogens is 2. The van der Waals surface area contributed by atoms with Crippen LogP contribution in [0, 0.1) is 11.2 Å². The summed E-state index contributed by atoms with van der Waals surface area (Å²) >= 11 is 3.68. The fourth-order valence-electron chi connectivity index (χ4n) is 3.34. The molecule has 0 amide bonds. The van der Waals surface area contributed by atoms with E-state index in [1.54, 1.807) is 12.1 Å². The van der Waals surface area contributed by atoms with E-state index in [0.717, 1.165) is 37.2 Å². The monoisotopic (exact) mass is 340 g/mol. The molecule has 20 heavy (non-hydrogen) atoms. The van der Waals surface area contributed by atoms with Crippen molar-refractivity contribution in [1.29, 1.82) is 0 Å². The molecule has 1 heterocycles. The molecule has 0 radical (unpaired) electrons. The number of benzene rings is 1. The summed E-state index contributed by atoms with van der Waals surface area (Å²) in [4.78, 5) is 4.73. The highest BCUT2D eigenvalue weighted by atomic mass is 79.9. The van der Waals surface area contributed by atoms with Gasteiger partial charge >= 0.3 is 0 Å². The molecule has 2 nitrogen and oxygen atoms in total. The lowest BCUT2D eigenvalue weighted by Gasteiger charge is -2.46. The third-order valence-electron chi connectivity index (χ3n) is 4.82. The quantitative estimate of drug-likeness (QED) is 0.774. The van der Waals surface area contributed by atoms with Crippen LogP contribution in [0.15, 0.2) is 24.3 Å². The smallest absolute Gasteiger partial charge is 0.146 e. The van der Waals surface area contributed by atoms with E-state index in [9.17, 15) is 4.39 Å². The average Bonchev–Trinajstić information content (AvgIpc) is 2.44. The number of para-hydroxylation sites is 1. The summed E-state index contributed by atoms with van der Waals surface area (Å²) in [5.74, 6) is -0.100. The minimum Gasteiger partial charge on any atom is -0.367 e. The second-order valence-corrected chi connectivity index (χ2v) is 6.76. The molecule has 1 saturated carbocycles. The van der Waals surface area contributed by atoms with Crippen molar-refractivity contribution in [1.82, 2.24) is 4.90 Å². The Morgan fingerprint density at radius 2 is 1.80 bits per heavy atom. The Hall–Kier alpha value is -0.610. The maximum absolute atomic E-state index is 13.8. The molecule has 0 aromatic heterocycles. The molecule has 110 valence electrons. The predicted octanol–water partition coefficient (Wildman–Crippen LogP) is 3.51. The topological polar surface area (TPSA) is 6.48 Å². The largest absolute Gasteiger partial charge is 0.367 e. The lowest BCUT2D eigenvalue weighted by molar-refractivity contribution is 0.0876. The number of nitrogens with zero attached hydrogens (tertiary/aromatic N) is 2. The lowest BCUT2D eigenvalue weighted by atomic mass is 9.70. The highest BCUT2D eigenvalue weighted by Gasteiger charge is 2.38. The van der Waals surface area contributed by atoms with Gasteiger partial charge in [0.05, 0.1) is 5.69 Å². The normalized spacial score (nSPS) is 22.6. The van der Waals surface area contributed by atoms with E-state index < -0.39 is 0 Å². The summed E-state index contributed by atoms with van der Waals surface area (Å²) in [6, 6.07) is 7.11. The molecule has 1 aromatic rings. The Kier molecular flexibility index (Phi) is 4.32. The molecule has 0 unspecified atom stereocenters. The lowest BCUT2D eigenvalue weighted by Crippen LogP contribution is -2.52. The van der Waals surface area contributed by atoms with E-state index in [1.165, 1.54) is 25.8 Å². The van der Waals surface area contributed by atoms with Gasteiger partial charge in [0.15, 0.2) is 0 Å². The number of hydrogen-bond acceptors (Lipinski definition) is 2. The molecule has 1 aromatic carbocycles. The zero-order valence-electron chi connectivity index (χ0n) is 11.8. The van der Waals surface area contributed by atoms with Gasteiger partial charge in [-0.25, -0.2) is 4.39 Å². The summed E-state index contributed by atoms with van der Waals surface area (Å²) in [6.45, 7) is 5.15. The highest BCUT2D eigenvalue weighted by Crippen LogP contribution is 2.43. The maximum atomic E-state index is 13.8. The van der Waals surface area contributed by atoms with Crippen LogP contribution in [0.1, 0.15) is 19.3 Å². The van der Waals surface area contributed by atoms with Crippen LogP contribution in [-0.2, 0) is 0 Å². The number of piperazine rings is 1. The fourth-order valence-corrected chi connectivity index (χ4v) is 4.08. The van der Waals surface area contributed by atoms with Gasteiger partial charge in [0.2, 0.25) is 0 Å². The first-order valence-electron chi connectivity index (χ1n) is 7.50. The molecule has 2 fully saturated rings. The van der Waals surface area contributed by atoms with Crippen LogP contribution in [0.3, 0.4) is 0 Å². The van der Waals surface area contributed by atoms with Crippen molar-refractivity contribution in [3.05, 3.63) is 30.1 Å². The van der Waals surface area contributed by atoms with Crippen LogP contribution in [0.5, 0.6) is 0 Å². The number of rotatable bonds is 4. The fraction of sp³-hybridized carbons (Fsp3) is 0.625. The molecule has 0 N–H and O–H groups in total. The molecule has 0 spiro atoms. The Labute approximate surface area is 129 Å². The van der Waals surface area contributed by atoms with Crippen LogP contribution in [0.25, 0.3) is 0 Å². The van der Waals surface area contributed by atoms with Crippen LogP contribution < -0.4 is 4.90 Å². The molecule has 1 saturated heterocycles. The first-order valence-corrected chi connectivity index (χ1v) is 8.62. The molecule has 1 aliphatic heterocycles. The zero-order valence-corrected chi connectivity index (χ0v) is 13.4. The van der Waals surface area contributed by atoms with Gasteiger partial charge in [0.1, 0.15) is 5.82 Å². The van der Waals surface area contributed by atoms with Crippen molar-refractivity contribution in [2.45, 2.75) is 19.3 Å². The summed E-state index contributed by atoms with van der Waals surface area (Å²) < 4.78 is 13.8. The van der Waals surface area contributed by atoms with Gasteiger partial charge in [0.25, 0.3) is 0 Å². The Bertz CT molecular complexity index is 448. The van der Waals surface area contributed by atoms with Crippen molar-refractivity contribution in [3.8, 4) is 0 Å². The number of hydrogen-bond donors (Lipinski definition) is 0. The van der Waals surface area contributed by atoms with Crippen LogP contribution in [-0.4, -0.2) is 43.0 Å². The van der Waals surface area contributed by atoms with Crippen LogP contribution >= 0.6 is 15.9 Å². The summed E-state index contributed by atoms with van der Waals surface area (Å²) in [6.07, 6.45) is 4.08. The van der Waals surface area contributed by atoms with Gasteiger partial charge in [-0.15, -0.1) is 0 Å². The van der Waals surface area contributed by atoms with E-state index in [4.69, 9.17) is 0 Å². The number of anilines is 1. The standard InChI is InChI=1S/C16H22BrFN2/c17-12-16(6-3-7-16)13-19-8-10-20(11-9-19)15-5-2-1-4-14(15)18/h1-2,4-5H,3,6-13H2. The first-order chi connectivity index (χ1) is 9.72.